The van der Waals surface area contributed by atoms with Crippen LogP contribution in [0, 0.1) is 0 Å². The van der Waals surface area contributed by atoms with E-state index in [1.807, 2.05) is 11.6 Å². The first-order valence-electron chi connectivity index (χ1n) is 9.89. The molecule has 1 aliphatic carbocycles. The van der Waals surface area contributed by atoms with Gasteiger partial charge in [-0.25, -0.2) is 0 Å². The molecule has 1 saturated carbocycles. The van der Waals surface area contributed by atoms with Crippen molar-refractivity contribution in [3.63, 3.8) is 0 Å². The van der Waals surface area contributed by atoms with Crippen LogP contribution >= 0.6 is 24.0 Å². The maximum absolute atomic E-state index is 4.38. The first-order valence-corrected chi connectivity index (χ1v) is 9.89. The lowest BCUT2D eigenvalue weighted by molar-refractivity contribution is 0.150. The Morgan fingerprint density at radius 1 is 1.08 bits per heavy atom. The van der Waals surface area contributed by atoms with Gasteiger partial charge in [0, 0.05) is 45.3 Å². The summed E-state index contributed by atoms with van der Waals surface area (Å²) in [6.07, 6.45) is 13.9. The maximum Gasteiger partial charge on any atom is 0.191 e. The Hall–Kier alpha value is -0.900. The number of aryl methyl sites for hydroxylation is 1. The van der Waals surface area contributed by atoms with Gasteiger partial charge < -0.3 is 20.1 Å². The first kappa shape index (κ1) is 21.4. The highest BCUT2D eigenvalue weighted by molar-refractivity contribution is 14.0. The molecule has 0 amide bonds. The molecule has 0 aromatic carbocycles. The van der Waals surface area contributed by atoms with Crippen LogP contribution in [-0.2, 0) is 6.54 Å². The topological polar surface area (TPSA) is 70.4 Å². The number of rotatable bonds is 7. The van der Waals surface area contributed by atoms with E-state index < -0.39 is 0 Å². The summed E-state index contributed by atoms with van der Waals surface area (Å²) in [7, 11) is 1.86. The molecule has 3 rings (SSSR count). The molecule has 0 radical (unpaired) electrons. The average Bonchev–Trinajstić information content (AvgIpc) is 3.35. The summed E-state index contributed by atoms with van der Waals surface area (Å²) in [6, 6.07) is 1.42. The lowest BCUT2D eigenvalue weighted by Crippen LogP contribution is -2.50. The van der Waals surface area contributed by atoms with Gasteiger partial charge in [-0.2, -0.15) is 0 Å². The SMILES string of the molecule is CN=C(NCCCCn1cnnc1)NC1CCN(C2CCCC2)CC1.I. The number of unbranched alkanes of at least 4 members (excludes halogenated alkanes) is 1. The normalized spacial score (nSPS) is 20.1. The van der Waals surface area contributed by atoms with Gasteiger partial charge in [-0.15, -0.1) is 34.2 Å². The van der Waals surface area contributed by atoms with E-state index in [4.69, 9.17) is 0 Å². The third-order valence-corrected chi connectivity index (χ3v) is 5.54. The first-order chi connectivity index (χ1) is 12.3. The average molecular weight is 475 g/mol. The van der Waals surface area contributed by atoms with Crippen molar-refractivity contribution >= 4 is 29.9 Å². The molecule has 26 heavy (non-hydrogen) atoms. The predicted molar refractivity (Wildman–Crippen MR) is 116 cm³/mol. The summed E-state index contributed by atoms with van der Waals surface area (Å²) in [6.45, 7) is 4.39. The smallest absolute Gasteiger partial charge is 0.191 e. The van der Waals surface area contributed by atoms with Gasteiger partial charge >= 0.3 is 0 Å². The molecular formula is C18H34IN7. The van der Waals surface area contributed by atoms with E-state index in [0.717, 1.165) is 37.9 Å². The fourth-order valence-electron chi connectivity index (χ4n) is 4.03. The highest BCUT2D eigenvalue weighted by Gasteiger charge is 2.27. The zero-order chi connectivity index (χ0) is 17.3. The van der Waals surface area contributed by atoms with Crippen molar-refractivity contribution in [2.45, 2.75) is 70.0 Å². The van der Waals surface area contributed by atoms with Gasteiger partial charge in [0.1, 0.15) is 12.7 Å². The molecule has 1 aromatic rings. The molecule has 2 N–H and O–H groups in total. The molecular weight excluding hydrogens is 441 g/mol. The van der Waals surface area contributed by atoms with E-state index in [1.54, 1.807) is 12.7 Å². The lowest BCUT2D eigenvalue weighted by atomic mass is 10.0. The second kappa shape index (κ2) is 11.7. The number of likely N-dealkylation sites (tertiary alicyclic amines) is 1. The molecule has 0 spiro atoms. The number of nitrogens with one attached hydrogen (secondary N) is 2. The maximum atomic E-state index is 4.38. The van der Waals surface area contributed by atoms with Gasteiger partial charge in [0.15, 0.2) is 5.96 Å². The highest BCUT2D eigenvalue weighted by atomic mass is 127. The van der Waals surface area contributed by atoms with E-state index >= 15 is 0 Å². The number of hydrogen-bond acceptors (Lipinski definition) is 4. The quantitative estimate of drug-likeness (QED) is 0.274. The Labute approximate surface area is 174 Å². The highest BCUT2D eigenvalue weighted by Crippen LogP contribution is 2.26. The molecule has 7 nitrogen and oxygen atoms in total. The van der Waals surface area contributed by atoms with Gasteiger partial charge in [-0.3, -0.25) is 4.99 Å². The minimum atomic E-state index is 0. The Morgan fingerprint density at radius 3 is 2.42 bits per heavy atom. The summed E-state index contributed by atoms with van der Waals surface area (Å²) < 4.78 is 2.02. The molecule has 148 valence electrons. The van der Waals surface area contributed by atoms with Crippen molar-refractivity contribution in [2.24, 2.45) is 4.99 Å². The van der Waals surface area contributed by atoms with Crippen LogP contribution in [0.2, 0.25) is 0 Å². The van der Waals surface area contributed by atoms with Crippen LogP contribution in [0.15, 0.2) is 17.6 Å². The van der Waals surface area contributed by atoms with Gasteiger partial charge in [-0.1, -0.05) is 12.8 Å². The van der Waals surface area contributed by atoms with Crippen molar-refractivity contribution in [3.05, 3.63) is 12.7 Å². The van der Waals surface area contributed by atoms with Crippen molar-refractivity contribution in [1.82, 2.24) is 30.3 Å². The Bertz CT molecular complexity index is 506. The third-order valence-electron chi connectivity index (χ3n) is 5.54. The van der Waals surface area contributed by atoms with E-state index in [2.05, 4.69) is 30.7 Å². The summed E-state index contributed by atoms with van der Waals surface area (Å²) in [5.74, 6) is 0.948. The van der Waals surface area contributed by atoms with E-state index in [-0.39, 0.29) is 24.0 Å². The second-order valence-corrected chi connectivity index (χ2v) is 7.30. The summed E-state index contributed by atoms with van der Waals surface area (Å²) in [5, 5.41) is 14.7. The van der Waals surface area contributed by atoms with Crippen LogP contribution < -0.4 is 10.6 Å². The van der Waals surface area contributed by atoms with Crippen LogP contribution in [0.1, 0.15) is 51.4 Å². The largest absolute Gasteiger partial charge is 0.356 e. The number of hydrogen-bond donors (Lipinski definition) is 2. The summed E-state index contributed by atoms with van der Waals surface area (Å²) in [4.78, 5) is 7.10. The summed E-state index contributed by atoms with van der Waals surface area (Å²) >= 11 is 0. The van der Waals surface area contributed by atoms with E-state index in [0.29, 0.717) is 6.04 Å². The third kappa shape index (κ3) is 6.68. The van der Waals surface area contributed by atoms with Crippen LogP contribution in [0.25, 0.3) is 0 Å². The van der Waals surface area contributed by atoms with Crippen molar-refractivity contribution in [2.75, 3.05) is 26.7 Å². The van der Waals surface area contributed by atoms with Crippen LogP contribution in [-0.4, -0.2) is 64.4 Å². The number of aliphatic imine (C=N–C) groups is 1. The minimum Gasteiger partial charge on any atom is -0.356 e. The molecule has 1 aliphatic heterocycles. The van der Waals surface area contributed by atoms with Gasteiger partial charge in [0.25, 0.3) is 0 Å². The van der Waals surface area contributed by atoms with Crippen LogP contribution in [0.3, 0.4) is 0 Å². The Morgan fingerprint density at radius 2 is 1.77 bits per heavy atom. The fourth-order valence-corrected chi connectivity index (χ4v) is 4.03. The summed E-state index contributed by atoms with van der Waals surface area (Å²) in [5.41, 5.74) is 0. The van der Waals surface area contributed by atoms with E-state index in [1.165, 1.54) is 51.6 Å². The zero-order valence-corrected chi connectivity index (χ0v) is 18.3. The minimum absolute atomic E-state index is 0. The zero-order valence-electron chi connectivity index (χ0n) is 15.9. The molecule has 2 heterocycles. The van der Waals surface area contributed by atoms with Gasteiger partial charge in [0.2, 0.25) is 0 Å². The second-order valence-electron chi connectivity index (χ2n) is 7.30. The van der Waals surface area contributed by atoms with Crippen LogP contribution in [0.4, 0.5) is 0 Å². The molecule has 1 saturated heterocycles. The fraction of sp³-hybridized carbons (Fsp3) is 0.833. The molecule has 0 atom stereocenters. The predicted octanol–water partition coefficient (Wildman–Crippen LogP) is 2.25. The molecule has 1 aromatic heterocycles. The number of halogens is 1. The Balaban J connectivity index is 0.00000243. The van der Waals surface area contributed by atoms with E-state index in [9.17, 15) is 0 Å². The standard InChI is InChI=1S/C18H33N7.HI/c1-19-18(20-10-4-5-11-24-14-21-22-15-24)23-16-8-12-25(13-9-16)17-6-2-3-7-17;/h14-17H,2-13H2,1H3,(H2,19,20,23);1H. The molecule has 0 bridgehead atoms. The molecule has 2 fully saturated rings. The van der Waals surface area contributed by atoms with Crippen molar-refractivity contribution in [1.29, 1.82) is 0 Å². The molecule has 8 heteroatoms. The van der Waals surface area contributed by atoms with Crippen LogP contribution in [0.5, 0.6) is 0 Å². The molecule has 2 aliphatic rings. The monoisotopic (exact) mass is 475 g/mol. The number of nitrogens with zero attached hydrogens (tertiary/aromatic N) is 5. The van der Waals surface area contributed by atoms with Gasteiger partial charge in [0.05, 0.1) is 0 Å². The molecule has 0 unspecified atom stereocenters. The van der Waals surface area contributed by atoms with Crippen molar-refractivity contribution < 1.29 is 0 Å². The number of guanidine groups is 1. The lowest BCUT2D eigenvalue weighted by Gasteiger charge is -2.36. The van der Waals surface area contributed by atoms with Crippen molar-refractivity contribution in [3.8, 4) is 0 Å². The Kier molecular flexibility index (Phi) is 9.66. The number of piperidine rings is 1. The number of aromatic nitrogens is 3. The van der Waals surface area contributed by atoms with Gasteiger partial charge in [-0.05, 0) is 38.5 Å².